The van der Waals surface area contributed by atoms with Crippen LogP contribution in [0.1, 0.15) is 32.6 Å². The van der Waals surface area contributed by atoms with Crippen LogP contribution in [0, 0.1) is 6.92 Å². The summed E-state index contributed by atoms with van der Waals surface area (Å²) in [7, 11) is 0. The molecule has 2 N–H and O–H groups in total. The molecule has 1 aliphatic rings. The van der Waals surface area contributed by atoms with Gasteiger partial charge in [0.25, 0.3) is 5.91 Å². The van der Waals surface area contributed by atoms with Crippen LogP contribution in [0.4, 0.5) is 23.1 Å². The maximum absolute atomic E-state index is 12.9. The number of carbonyl (C=O) groups excluding carboxylic acids is 2. The standard InChI is InChI=1S/C24H23F3N4O4S/c1-15-20(21(33)28-13-19(32)17-5-3-2-4-6-17)36-22(29-15)31-12-11-30(23(31)34)14-16-7-9-18(10-8-16)35-24(25,26)27/h2-10,19,32H,11-14H2,1H3,(H,28,33). The number of halogens is 3. The second kappa shape index (κ2) is 10.5. The Morgan fingerprint density at radius 3 is 2.53 bits per heavy atom. The van der Waals surface area contributed by atoms with E-state index >= 15 is 0 Å². The number of rotatable bonds is 8. The van der Waals surface area contributed by atoms with Crippen LogP contribution in [0.25, 0.3) is 0 Å². The number of aliphatic hydroxyl groups excluding tert-OH is 1. The minimum Gasteiger partial charge on any atom is -0.406 e. The van der Waals surface area contributed by atoms with Gasteiger partial charge in [0.1, 0.15) is 10.6 Å². The minimum atomic E-state index is -4.77. The highest BCUT2D eigenvalue weighted by Crippen LogP contribution is 2.30. The Morgan fingerprint density at radius 1 is 1.17 bits per heavy atom. The van der Waals surface area contributed by atoms with Crippen LogP contribution < -0.4 is 15.0 Å². The molecule has 1 aliphatic heterocycles. The average Bonchev–Trinajstić information content (AvgIpc) is 3.40. The number of benzene rings is 2. The first kappa shape index (κ1) is 25.5. The second-order valence-electron chi connectivity index (χ2n) is 8.10. The van der Waals surface area contributed by atoms with Crippen LogP contribution >= 0.6 is 11.3 Å². The van der Waals surface area contributed by atoms with Crippen LogP contribution in [0.2, 0.25) is 0 Å². The molecule has 2 heterocycles. The molecule has 8 nitrogen and oxygen atoms in total. The van der Waals surface area contributed by atoms with E-state index in [2.05, 4.69) is 15.0 Å². The number of carbonyl (C=O) groups is 2. The molecule has 1 fully saturated rings. The van der Waals surface area contributed by atoms with Crippen molar-refractivity contribution in [1.29, 1.82) is 0 Å². The van der Waals surface area contributed by atoms with E-state index in [1.54, 1.807) is 36.1 Å². The molecule has 1 saturated heterocycles. The Labute approximate surface area is 208 Å². The zero-order chi connectivity index (χ0) is 25.9. The zero-order valence-corrected chi connectivity index (χ0v) is 20.0. The number of alkyl halides is 3. The van der Waals surface area contributed by atoms with E-state index in [9.17, 15) is 27.9 Å². The third-order valence-electron chi connectivity index (χ3n) is 5.49. The van der Waals surface area contributed by atoms with Crippen molar-refractivity contribution in [2.24, 2.45) is 0 Å². The number of aromatic nitrogens is 1. The minimum absolute atomic E-state index is 0.0265. The molecule has 1 atom stereocenters. The number of hydrogen-bond acceptors (Lipinski definition) is 6. The van der Waals surface area contributed by atoms with Gasteiger partial charge in [-0.15, -0.1) is 13.2 Å². The number of ether oxygens (including phenoxy) is 1. The first-order valence-electron chi connectivity index (χ1n) is 11.0. The quantitative estimate of drug-likeness (QED) is 0.463. The maximum Gasteiger partial charge on any atom is 0.573 e. The van der Waals surface area contributed by atoms with E-state index in [1.165, 1.54) is 29.2 Å². The molecule has 3 aromatic rings. The Kier molecular flexibility index (Phi) is 7.45. The lowest BCUT2D eigenvalue weighted by Crippen LogP contribution is -2.31. The summed E-state index contributed by atoms with van der Waals surface area (Å²) in [5.74, 6) is -0.725. The highest BCUT2D eigenvalue weighted by molar-refractivity contribution is 7.17. The molecule has 0 saturated carbocycles. The first-order valence-corrected chi connectivity index (χ1v) is 11.8. The molecule has 0 bridgehead atoms. The number of nitrogens with one attached hydrogen (secondary N) is 1. The van der Waals surface area contributed by atoms with Crippen molar-refractivity contribution in [1.82, 2.24) is 15.2 Å². The number of nitrogens with zero attached hydrogens (tertiary/aromatic N) is 3. The number of aryl methyl sites for hydroxylation is 1. The summed E-state index contributed by atoms with van der Waals surface area (Å²) in [5, 5.41) is 13.3. The molecule has 4 rings (SSSR count). The van der Waals surface area contributed by atoms with Gasteiger partial charge in [0.05, 0.1) is 11.8 Å². The molecule has 0 aliphatic carbocycles. The zero-order valence-electron chi connectivity index (χ0n) is 19.2. The van der Waals surface area contributed by atoms with Gasteiger partial charge in [0.2, 0.25) is 0 Å². The van der Waals surface area contributed by atoms with E-state index in [4.69, 9.17) is 0 Å². The number of urea groups is 1. The Balaban J connectivity index is 1.35. The van der Waals surface area contributed by atoms with Gasteiger partial charge >= 0.3 is 12.4 Å². The van der Waals surface area contributed by atoms with Gasteiger partial charge < -0.3 is 20.1 Å². The van der Waals surface area contributed by atoms with E-state index in [1.807, 2.05) is 6.07 Å². The second-order valence-corrected chi connectivity index (χ2v) is 9.07. The summed E-state index contributed by atoms with van der Waals surface area (Å²) >= 11 is 1.08. The van der Waals surface area contributed by atoms with Crippen molar-refractivity contribution in [3.05, 3.63) is 76.3 Å². The molecule has 1 aromatic heterocycles. The lowest BCUT2D eigenvalue weighted by molar-refractivity contribution is -0.274. The SMILES string of the molecule is Cc1nc(N2CCN(Cc3ccc(OC(F)(F)F)cc3)C2=O)sc1C(=O)NCC(O)c1ccccc1. The lowest BCUT2D eigenvalue weighted by atomic mass is 10.1. The molecule has 190 valence electrons. The van der Waals surface area contributed by atoms with Gasteiger partial charge in [0.15, 0.2) is 5.13 Å². The topological polar surface area (TPSA) is 95.0 Å². The molecule has 3 amide bonds. The van der Waals surface area contributed by atoms with Crippen molar-refractivity contribution >= 4 is 28.4 Å². The predicted octanol–water partition coefficient (Wildman–Crippen LogP) is 4.26. The van der Waals surface area contributed by atoms with Gasteiger partial charge in [-0.3, -0.25) is 9.69 Å². The number of anilines is 1. The van der Waals surface area contributed by atoms with Crippen LogP contribution in [-0.2, 0) is 6.54 Å². The van der Waals surface area contributed by atoms with Gasteiger partial charge in [-0.2, -0.15) is 0 Å². The molecule has 1 unspecified atom stereocenters. The molecule has 0 spiro atoms. The van der Waals surface area contributed by atoms with Crippen molar-refractivity contribution < 1.29 is 32.6 Å². The predicted molar refractivity (Wildman–Crippen MR) is 127 cm³/mol. The average molecular weight is 521 g/mol. The molecular weight excluding hydrogens is 497 g/mol. The smallest absolute Gasteiger partial charge is 0.406 e. The van der Waals surface area contributed by atoms with Crippen molar-refractivity contribution in [2.45, 2.75) is 25.9 Å². The Hall–Kier alpha value is -3.64. The fourth-order valence-corrected chi connectivity index (χ4v) is 4.70. The van der Waals surface area contributed by atoms with Crippen molar-refractivity contribution in [3.8, 4) is 5.75 Å². The van der Waals surface area contributed by atoms with Crippen LogP contribution in [0.15, 0.2) is 54.6 Å². The lowest BCUT2D eigenvalue weighted by Gasteiger charge is -2.17. The monoisotopic (exact) mass is 520 g/mol. The van der Waals surface area contributed by atoms with E-state index in [-0.39, 0.29) is 24.9 Å². The number of amides is 3. The van der Waals surface area contributed by atoms with Gasteiger partial charge in [0, 0.05) is 26.2 Å². The summed E-state index contributed by atoms with van der Waals surface area (Å²) in [4.78, 5) is 33.4. The fraction of sp³-hybridized carbons (Fsp3) is 0.292. The third kappa shape index (κ3) is 6.13. The van der Waals surface area contributed by atoms with Crippen molar-refractivity contribution in [3.63, 3.8) is 0 Å². The largest absolute Gasteiger partial charge is 0.573 e. The van der Waals surface area contributed by atoms with Crippen LogP contribution in [0.3, 0.4) is 0 Å². The Morgan fingerprint density at radius 2 is 1.86 bits per heavy atom. The van der Waals surface area contributed by atoms with E-state index in [0.29, 0.717) is 39.9 Å². The van der Waals surface area contributed by atoms with E-state index < -0.39 is 18.4 Å². The van der Waals surface area contributed by atoms with Gasteiger partial charge in [-0.05, 0) is 30.2 Å². The van der Waals surface area contributed by atoms with Crippen molar-refractivity contribution in [2.75, 3.05) is 24.5 Å². The molecule has 12 heteroatoms. The number of thiazole rings is 1. The third-order valence-corrected chi connectivity index (χ3v) is 6.67. The summed E-state index contributed by atoms with van der Waals surface area (Å²) in [6, 6.07) is 14.0. The fourth-order valence-electron chi connectivity index (χ4n) is 3.69. The van der Waals surface area contributed by atoms with Crippen LogP contribution in [-0.4, -0.2) is 52.9 Å². The summed E-state index contributed by atoms with van der Waals surface area (Å²) in [6.07, 6.45) is -5.62. The number of aliphatic hydroxyl groups is 1. The highest BCUT2D eigenvalue weighted by Gasteiger charge is 2.33. The summed E-state index contributed by atoms with van der Waals surface area (Å²) in [6.45, 7) is 2.65. The molecular formula is C24H23F3N4O4S. The Bertz CT molecular complexity index is 1220. The summed E-state index contributed by atoms with van der Waals surface area (Å²) < 4.78 is 40.9. The first-order chi connectivity index (χ1) is 17.1. The molecule has 36 heavy (non-hydrogen) atoms. The normalized spacial score (nSPS) is 14.8. The van der Waals surface area contributed by atoms with E-state index in [0.717, 1.165) is 11.3 Å². The van der Waals surface area contributed by atoms with Gasteiger partial charge in [-0.25, -0.2) is 9.78 Å². The maximum atomic E-state index is 12.9. The highest BCUT2D eigenvalue weighted by atomic mass is 32.1. The van der Waals surface area contributed by atoms with Gasteiger partial charge in [-0.1, -0.05) is 53.8 Å². The molecule has 2 aromatic carbocycles. The summed E-state index contributed by atoms with van der Waals surface area (Å²) in [5.41, 5.74) is 1.80. The number of hydrogen-bond donors (Lipinski definition) is 2. The van der Waals surface area contributed by atoms with Crippen LogP contribution in [0.5, 0.6) is 5.75 Å². The molecule has 0 radical (unpaired) electrons.